The first-order chi connectivity index (χ1) is 29.2. The smallest absolute Gasteiger partial charge is 0.0610 e. The molecule has 0 amide bonds. The van der Waals surface area contributed by atoms with E-state index in [0.29, 0.717) is 17.6 Å². The fourth-order valence-corrected chi connectivity index (χ4v) is 20.1. The van der Waals surface area contributed by atoms with Crippen LogP contribution in [0.1, 0.15) is 247 Å². The molecule has 1 aliphatic heterocycles. The van der Waals surface area contributed by atoms with Gasteiger partial charge < -0.3 is 4.74 Å². The molecule has 8 aliphatic carbocycles. The molecule has 1 saturated heterocycles. The molecule has 9 aliphatic rings. The van der Waals surface area contributed by atoms with Gasteiger partial charge >= 0.3 is 0 Å². The van der Waals surface area contributed by atoms with Crippen LogP contribution in [0.2, 0.25) is 0 Å². The molecule has 0 spiro atoms. The monoisotopic (exact) mass is 827 g/mol. The van der Waals surface area contributed by atoms with E-state index in [0.717, 1.165) is 107 Å². The van der Waals surface area contributed by atoms with Crippen molar-refractivity contribution in [1.29, 1.82) is 0 Å². The molecule has 1 heterocycles. The van der Waals surface area contributed by atoms with Crippen LogP contribution in [0.15, 0.2) is 0 Å². The molecule has 0 aromatic carbocycles. The van der Waals surface area contributed by atoms with Crippen molar-refractivity contribution < 1.29 is 4.74 Å². The van der Waals surface area contributed by atoms with E-state index in [4.69, 9.17) is 4.74 Å². The molecule has 9 fully saturated rings. The highest BCUT2D eigenvalue weighted by Crippen LogP contribution is 2.65. The first kappa shape index (κ1) is 45.1. The van der Waals surface area contributed by atoms with Crippen LogP contribution < -0.4 is 0 Å². The summed E-state index contributed by atoms with van der Waals surface area (Å²) in [6, 6.07) is 0. The molecule has 1 nitrogen and oxygen atoms in total. The fraction of sp³-hybridized carbons (Fsp3) is 1.00. The molecule has 18 atom stereocenters. The van der Waals surface area contributed by atoms with Crippen molar-refractivity contribution >= 4 is 0 Å². The Morgan fingerprint density at radius 2 is 1.12 bits per heavy atom. The lowest BCUT2D eigenvalue weighted by atomic mass is 9.55. The summed E-state index contributed by atoms with van der Waals surface area (Å²) >= 11 is 0. The van der Waals surface area contributed by atoms with Gasteiger partial charge in [0.25, 0.3) is 0 Å². The molecule has 0 aromatic rings. The van der Waals surface area contributed by atoms with Gasteiger partial charge in [0.05, 0.1) is 12.2 Å². The van der Waals surface area contributed by atoms with Crippen LogP contribution in [0, 0.1) is 112 Å². The quantitative estimate of drug-likeness (QED) is 0.180. The van der Waals surface area contributed by atoms with Crippen molar-refractivity contribution in [2.45, 2.75) is 259 Å². The number of ether oxygens (including phenoxy) is 1. The number of unbranched alkanes of at least 4 members (excludes halogenated alkanes) is 1. The maximum atomic E-state index is 6.69. The normalized spacial score (nSPS) is 47.4. The average Bonchev–Trinajstić information content (AvgIpc) is 3.72. The van der Waals surface area contributed by atoms with Crippen molar-refractivity contribution in [2.24, 2.45) is 112 Å². The Morgan fingerprint density at radius 3 is 1.87 bits per heavy atom. The lowest BCUT2D eigenvalue weighted by molar-refractivity contribution is 0.00146. The number of rotatable bonds is 13. The molecule has 60 heavy (non-hydrogen) atoms. The van der Waals surface area contributed by atoms with Crippen LogP contribution in [0.25, 0.3) is 0 Å². The molecule has 0 N–H and O–H groups in total. The van der Waals surface area contributed by atoms with Crippen LogP contribution in [-0.4, -0.2) is 12.2 Å². The zero-order valence-corrected chi connectivity index (χ0v) is 41.1. The number of hydrogen-bond acceptors (Lipinski definition) is 1. The summed E-state index contributed by atoms with van der Waals surface area (Å²) in [6.45, 7) is 15.6. The Bertz CT molecular complexity index is 1310. The third-order valence-electron chi connectivity index (χ3n) is 23.1. The van der Waals surface area contributed by atoms with E-state index < -0.39 is 0 Å². The van der Waals surface area contributed by atoms with E-state index >= 15 is 0 Å². The van der Waals surface area contributed by atoms with E-state index in [1.54, 1.807) is 122 Å². The lowest BCUT2D eigenvalue weighted by Gasteiger charge is -2.50. The fourth-order valence-electron chi connectivity index (χ4n) is 20.1. The number of fused-ring (bicyclic) bond motifs is 4. The summed E-state index contributed by atoms with van der Waals surface area (Å²) in [5.41, 5.74) is 0.606. The van der Waals surface area contributed by atoms with E-state index in [2.05, 4.69) is 41.5 Å². The van der Waals surface area contributed by atoms with E-state index in [1.165, 1.54) is 83.5 Å². The van der Waals surface area contributed by atoms with Crippen LogP contribution in [-0.2, 0) is 4.74 Å². The second kappa shape index (κ2) is 20.2. The second-order valence-electron chi connectivity index (χ2n) is 26.0. The second-order valence-corrected chi connectivity index (χ2v) is 26.0. The van der Waals surface area contributed by atoms with E-state index in [9.17, 15) is 0 Å². The van der Waals surface area contributed by atoms with Gasteiger partial charge in [-0.2, -0.15) is 0 Å². The predicted octanol–water partition coefficient (Wildman–Crippen LogP) is 17.5. The van der Waals surface area contributed by atoms with Crippen molar-refractivity contribution in [1.82, 2.24) is 0 Å². The first-order valence-electron chi connectivity index (χ1n) is 28.9. The summed E-state index contributed by atoms with van der Waals surface area (Å²) in [5, 5.41) is 0. The summed E-state index contributed by atoms with van der Waals surface area (Å²) in [5.74, 6) is 18.2. The Kier molecular flexibility index (Phi) is 15.2. The van der Waals surface area contributed by atoms with Gasteiger partial charge in [0.2, 0.25) is 0 Å². The molecular formula is C59H102O. The minimum Gasteiger partial charge on any atom is -0.375 e. The summed E-state index contributed by atoms with van der Waals surface area (Å²) in [6.07, 6.45) is 50.3. The Morgan fingerprint density at radius 1 is 0.517 bits per heavy atom. The molecular weight excluding hydrogens is 725 g/mol. The topological polar surface area (TPSA) is 9.23 Å². The summed E-state index contributed by atoms with van der Waals surface area (Å²) < 4.78 is 6.69. The summed E-state index contributed by atoms with van der Waals surface area (Å²) in [7, 11) is 0. The van der Waals surface area contributed by atoms with Gasteiger partial charge in [0.15, 0.2) is 0 Å². The lowest BCUT2D eigenvalue weighted by Crippen LogP contribution is -2.41. The highest BCUT2D eigenvalue weighted by Gasteiger charge is 2.57. The maximum Gasteiger partial charge on any atom is 0.0610 e. The van der Waals surface area contributed by atoms with Gasteiger partial charge in [0.1, 0.15) is 0 Å². The largest absolute Gasteiger partial charge is 0.375 e. The maximum absolute atomic E-state index is 6.69. The summed E-state index contributed by atoms with van der Waals surface area (Å²) in [4.78, 5) is 0. The Hall–Kier alpha value is -0.0400. The highest BCUT2D eigenvalue weighted by atomic mass is 16.5. The Balaban J connectivity index is 0.883. The first-order valence-corrected chi connectivity index (χ1v) is 28.9. The minimum atomic E-state index is 0.500. The van der Waals surface area contributed by atoms with Crippen molar-refractivity contribution in [3.8, 4) is 0 Å². The third kappa shape index (κ3) is 9.46. The van der Waals surface area contributed by atoms with Crippen LogP contribution in [0.3, 0.4) is 0 Å². The van der Waals surface area contributed by atoms with Gasteiger partial charge in [-0.25, -0.2) is 0 Å². The molecule has 344 valence electrons. The van der Waals surface area contributed by atoms with E-state index in [-0.39, 0.29) is 0 Å². The van der Waals surface area contributed by atoms with Crippen molar-refractivity contribution in [3.63, 3.8) is 0 Å². The SMILES string of the molecule is CCCCC(CC)C1CCCC(C2CCCC(C(C3CCC(C4CCC5C6CCCCC6C(C)(C)C5C4)CC3)[C@H]3CCC[C@@H](C(C)CC4[C@@H]5CCCCC5O[C@@H]4C)C3)C2)C1. The number of hydrogen-bond donors (Lipinski definition) is 0. The van der Waals surface area contributed by atoms with Gasteiger partial charge in [-0.1, -0.05) is 144 Å². The highest BCUT2D eigenvalue weighted by molar-refractivity contribution is 5.06. The third-order valence-corrected chi connectivity index (χ3v) is 23.1. The van der Waals surface area contributed by atoms with Gasteiger partial charge in [-0.3, -0.25) is 0 Å². The van der Waals surface area contributed by atoms with Crippen LogP contribution in [0.4, 0.5) is 0 Å². The Labute approximate surface area is 374 Å². The molecule has 14 unspecified atom stereocenters. The average molecular weight is 827 g/mol. The zero-order chi connectivity index (χ0) is 41.4. The molecule has 0 radical (unpaired) electrons. The minimum absolute atomic E-state index is 0.500. The van der Waals surface area contributed by atoms with E-state index in [1.807, 2.05) is 0 Å². The van der Waals surface area contributed by atoms with Gasteiger partial charge in [-0.05, 0) is 215 Å². The van der Waals surface area contributed by atoms with Crippen molar-refractivity contribution in [3.05, 3.63) is 0 Å². The molecule has 9 rings (SSSR count). The molecule has 0 aromatic heterocycles. The zero-order valence-electron chi connectivity index (χ0n) is 41.1. The molecule has 1 heteroatoms. The standard InChI is InChI=1S/C59H102O/c1-7-9-17-41(8-2)45-19-15-20-46(36-45)47-21-16-23-50(37-47)58(49-22-14-18-44(35-49)39(3)34-54-40(4)60-57-27-13-11-25-53(54)57)43-30-28-42(29-31-43)48-32-33-52-51-24-10-12-26-55(51)59(5,6)56(52)38-48/h39-58H,7-38H2,1-6H3/t39?,40-,41?,42?,43?,44-,45?,46?,47?,48?,49+,50?,51?,52?,53+,54?,55?,56?,57?,58?/m1/s1. The van der Waals surface area contributed by atoms with Gasteiger partial charge in [-0.15, -0.1) is 0 Å². The van der Waals surface area contributed by atoms with Crippen LogP contribution >= 0.6 is 0 Å². The predicted molar refractivity (Wildman–Crippen MR) is 256 cm³/mol. The van der Waals surface area contributed by atoms with Gasteiger partial charge in [0, 0.05) is 0 Å². The van der Waals surface area contributed by atoms with Crippen molar-refractivity contribution in [2.75, 3.05) is 0 Å². The molecule has 0 bridgehead atoms. The van der Waals surface area contributed by atoms with Crippen LogP contribution in [0.5, 0.6) is 0 Å². The molecule has 8 saturated carbocycles.